The second-order valence-electron chi connectivity index (χ2n) is 8.57. The molecule has 0 saturated heterocycles. The Labute approximate surface area is 196 Å². The van der Waals surface area contributed by atoms with E-state index in [4.69, 9.17) is 5.26 Å². The molecule has 33 heavy (non-hydrogen) atoms. The number of nitrogens with one attached hydrogen (secondary N) is 1. The first-order valence-corrected chi connectivity index (χ1v) is 12.0. The van der Waals surface area contributed by atoms with E-state index >= 15 is 0 Å². The van der Waals surface area contributed by atoms with Gasteiger partial charge in [-0.15, -0.1) is 0 Å². The Kier molecular flexibility index (Phi) is 7.23. The lowest BCUT2D eigenvalue weighted by Crippen LogP contribution is -2.42. The minimum absolute atomic E-state index is 0.229. The molecule has 0 aliphatic heterocycles. The van der Waals surface area contributed by atoms with E-state index in [-0.39, 0.29) is 4.90 Å². The molecule has 0 radical (unpaired) electrons. The second-order valence-corrected chi connectivity index (χ2v) is 10.5. The Bertz CT molecular complexity index is 1340. The number of nitrogens with zero attached hydrogens (tertiary/aromatic N) is 2. The number of hydrogen-bond donors (Lipinski definition) is 1. The first kappa shape index (κ1) is 24.1. The summed E-state index contributed by atoms with van der Waals surface area (Å²) in [4.78, 5) is 0.229. The maximum atomic E-state index is 13.5. The number of benzene rings is 3. The molecule has 0 aromatic heterocycles. The third-order valence-electron chi connectivity index (χ3n) is 5.25. The van der Waals surface area contributed by atoms with Crippen LogP contribution in [0.4, 0.5) is 5.69 Å². The van der Waals surface area contributed by atoms with Crippen LogP contribution in [0.5, 0.6) is 0 Å². The normalized spacial score (nSPS) is 11.4. The van der Waals surface area contributed by atoms with Gasteiger partial charge < -0.3 is 5.32 Å². The molecule has 0 bridgehead atoms. The molecule has 3 rings (SSSR count). The Morgan fingerprint density at radius 2 is 1.67 bits per heavy atom. The Balaban J connectivity index is 1.95. The largest absolute Gasteiger partial charge is 0.374 e. The summed E-state index contributed by atoms with van der Waals surface area (Å²) < 4.78 is 28.5. The predicted octanol–water partition coefficient (Wildman–Crippen LogP) is 5.11. The molecule has 3 aromatic carbocycles. The van der Waals surface area contributed by atoms with Crippen molar-refractivity contribution in [3.8, 4) is 29.0 Å². The van der Waals surface area contributed by atoms with Crippen molar-refractivity contribution in [2.45, 2.75) is 31.2 Å². The van der Waals surface area contributed by atoms with E-state index in [0.29, 0.717) is 23.2 Å². The van der Waals surface area contributed by atoms with Gasteiger partial charge in [0.15, 0.2) is 0 Å². The molecule has 0 amide bonds. The molecule has 0 saturated carbocycles. The molecule has 0 spiro atoms. The van der Waals surface area contributed by atoms with Crippen LogP contribution in [0.1, 0.15) is 31.9 Å². The molecule has 0 heterocycles. The van der Waals surface area contributed by atoms with Gasteiger partial charge in [0.2, 0.25) is 10.0 Å². The Morgan fingerprint density at radius 1 is 0.939 bits per heavy atom. The van der Waals surface area contributed by atoms with Crippen molar-refractivity contribution < 1.29 is 8.42 Å². The summed E-state index contributed by atoms with van der Waals surface area (Å²) in [5.41, 5.74) is 2.89. The highest BCUT2D eigenvalue weighted by Gasteiger charge is 2.32. The van der Waals surface area contributed by atoms with Gasteiger partial charge in [-0.1, -0.05) is 54.3 Å². The summed E-state index contributed by atoms with van der Waals surface area (Å²) in [6.07, 6.45) is 0. The smallest absolute Gasteiger partial charge is 0.243 e. The van der Waals surface area contributed by atoms with Gasteiger partial charge in [-0.3, -0.25) is 0 Å². The van der Waals surface area contributed by atoms with Gasteiger partial charge in [-0.25, -0.2) is 8.42 Å². The standard InChI is InChI=1S/C27H27N3O2S/c1-27(2,3)30(4)33(31,32)26-19-21(15-16-25(26)23-12-6-5-7-13-23)11-9-17-29-24-14-8-10-22(18-24)20-28/h5-8,10,12-16,18-19,29H,17H2,1-4H3. The lowest BCUT2D eigenvalue weighted by molar-refractivity contribution is 0.292. The van der Waals surface area contributed by atoms with Gasteiger partial charge in [0.1, 0.15) is 0 Å². The van der Waals surface area contributed by atoms with Crippen molar-refractivity contribution in [1.82, 2.24) is 4.31 Å². The summed E-state index contributed by atoms with van der Waals surface area (Å²) in [6.45, 7) is 5.95. The van der Waals surface area contributed by atoms with Crippen molar-refractivity contribution >= 4 is 15.7 Å². The zero-order valence-corrected chi connectivity index (χ0v) is 20.1. The summed E-state index contributed by atoms with van der Waals surface area (Å²) in [6, 6.07) is 24.0. The highest BCUT2D eigenvalue weighted by Crippen LogP contribution is 2.32. The average molecular weight is 458 g/mol. The zero-order chi connectivity index (χ0) is 24.1. The van der Waals surface area contributed by atoms with Crippen LogP contribution in [0, 0.1) is 23.2 Å². The van der Waals surface area contributed by atoms with Crippen LogP contribution in [0.15, 0.2) is 77.7 Å². The monoisotopic (exact) mass is 457 g/mol. The predicted molar refractivity (Wildman–Crippen MR) is 133 cm³/mol. The van der Waals surface area contributed by atoms with Crippen molar-refractivity contribution in [1.29, 1.82) is 5.26 Å². The van der Waals surface area contributed by atoms with Gasteiger partial charge in [0.25, 0.3) is 0 Å². The molecule has 0 unspecified atom stereocenters. The van der Waals surface area contributed by atoms with Crippen molar-refractivity contribution in [2.24, 2.45) is 0 Å². The summed E-state index contributed by atoms with van der Waals surface area (Å²) in [5.74, 6) is 6.08. The van der Waals surface area contributed by atoms with Crippen molar-refractivity contribution in [3.05, 3.63) is 83.9 Å². The van der Waals surface area contributed by atoms with Gasteiger partial charge in [0.05, 0.1) is 23.1 Å². The molecule has 0 atom stereocenters. The fraction of sp³-hybridized carbons (Fsp3) is 0.222. The molecule has 1 N–H and O–H groups in total. The molecule has 6 heteroatoms. The van der Waals surface area contributed by atoms with E-state index < -0.39 is 15.6 Å². The van der Waals surface area contributed by atoms with Crippen LogP contribution in [0.25, 0.3) is 11.1 Å². The highest BCUT2D eigenvalue weighted by molar-refractivity contribution is 7.89. The third kappa shape index (κ3) is 5.81. The topological polar surface area (TPSA) is 73.2 Å². The molecule has 5 nitrogen and oxygen atoms in total. The Hall–Kier alpha value is -3.58. The average Bonchev–Trinajstić information content (AvgIpc) is 2.81. The van der Waals surface area contributed by atoms with Crippen LogP contribution >= 0.6 is 0 Å². The van der Waals surface area contributed by atoms with Gasteiger partial charge in [-0.2, -0.15) is 9.57 Å². The lowest BCUT2D eigenvalue weighted by atomic mass is 10.0. The van der Waals surface area contributed by atoms with E-state index in [1.165, 1.54) is 4.31 Å². The van der Waals surface area contributed by atoms with Gasteiger partial charge >= 0.3 is 0 Å². The molecule has 168 valence electrons. The van der Waals surface area contributed by atoms with Crippen molar-refractivity contribution in [2.75, 3.05) is 18.9 Å². The summed E-state index contributed by atoms with van der Waals surface area (Å²) in [5, 5.41) is 12.2. The zero-order valence-electron chi connectivity index (χ0n) is 19.3. The maximum absolute atomic E-state index is 13.5. The number of nitriles is 1. The van der Waals surface area contributed by atoms with Crippen LogP contribution in [0.3, 0.4) is 0 Å². The van der Waals surface area contributed by atoms with E-state index in [2.05, 4.69) is 23.2 Å². The highest BCUT2D eigenvalue weighted by atomic mass is 32.2. The summed E-state index contributed by atoms with van der Waals surface area (Å²) >= 11 is 0. The Morgan fingerprint density at radius 3 is 2.33 bits per heavy atom. The molecule has 0 aliphatic rings. The number of hydrogen-bond acceptors (Lipinski definition) is 4. The fourth-order valence-corrected chi connectivity index (χ4v) is 4.92. The van der Waals surface area contributed by atoms with E-state index in [9.17, 15) is 8.42 Å². The van der Waals surface area contributed by atoms with Gasteiger partial charge in [-0.05, 0) is 56.7 Å². The first-order chi connectivity index (χ1) is 15.6. The number of anilines is 1. The molecule has 0 aliphatic carbocycles. The number of sulfonamides is 1. The minimum atomic E-state index is -3.76. The lowest BCUT2D eigenvalue weighted by Gasteiger charge is -2.31. The second kappa shape index (κ2) is 9.92. The van der Waals surface area contributed by atoms with E-state index in [1.54, 1.807) is 31.3 Å². The number of rotatable bonds is 5. The van der Waals surface area contributed by atoms with E-state index in [0.717, 1.165) is 11.3 Å². The molecular weight excluding hydrogens is 430 g/mol. The SMILES string of the molecule is CN(C(C)(C)C)S(=O)(=O)c1cc(C#CCNc2cccc(C#N)c2)ccc1-c1ccccc1. The quantitative estimate of drug-likeness (QED) is 0.541. The molecule has 3 aromatic rings. The van der Waals surface area contributed by atoms with Crippen LogP contribution < -0.4 is 5.32 Å². The van der Waals surface area contributed by atoms with Crippen molar-refractivity contribution in [3.63, 3.8) is 0 Å². The first-order valence-electron chi connectivity index (χ1n) is 10.5. The maximum Gasteiger partial charge on any atom is 0.243 e. The van der Waals surface area contributed by atoms with Gasteiger partial charge in [0, 0.05) is 29.4 Å². The summed E-state index contributed by atoms with van der Waals surface area (Å²) in [7, 11) is -2.16. The third-order valence-corrected chi connectivity index (χ3v) is 7.42. The van der Waals surface area contributed by atoms with E-state index in [1.807, 2.05) is 69.3 Å². The van der Waals surface area contributed by atoms with Crippen LogP contribution in [-0.4, -0.2) is 31.9 Å². The molecular formula is C27H27N3O2S. The van der Waals surface area contributed by atoms with Crippen LogP contribution in [0.2, 0.25) is 0 Å². The minimum Gasteiger partial charge on any atom is -0.374 e. The fourth-order valence-electron chi connectivity index (χ4n) is 3.17. The molecule has 0 fully saturated rings. The van der Waals surface area contributed by atoms with Crippen LogP contribution in [-0.2, 0) is 10.0 Å².